The largest absolute Gasteiger partial charge is 0.391 e. The zero-order chi connectivity index (χ0) is 19.4. The molecular formula is C18H21FN4O4. The fourth-order valence-corrected chi connectivity index (χ4v) is 3.16. The number of aromatic nitrogens is 2. The third kappa shape index (κ3) is 4.88. The molecule has 0 radical (unpaired) electrons. The van der Waals surface area contributed by atoms with Gasteiger partial charge in [0, 0.05) is 18.4 Å². The van der Waals surface area contributed by atoms with Crippen LogP contribution >= 0.6 is 0 Å². The predicted molar refractivity (Wildman–Crippen MR) is 91.9 cm³/mol. The van der Waals surface area contributed by atoms with Gasteiger partial charge in [0.2, 0.25) is 11.8 Å². The van der Waals surface area contributed by atoms with Crippen molar-refractivity contribution >= 4 is 11.8 Å². The highest BCUT2D eigenvalue weighted by atomic mass is 19.1. The molecule has 144 valence electrons. The van der Waals surface area contributed by atoms with Crippen molar-refractivity contribution in [2.45, 2.75) is 44.9 Å². The lowest BCUT2D eigenvalue weighted by atomic mass is 9.83. The molecule has 0 aliphatic heterocycles. The first kappa shape index (κ1) is 19.0. The Bertz CT molecular complexity index is 825. The Hall–Kier alpha value is -2.81. The minimum Gasteiger partial charge on any atom is -0.391 e. The SMILES string of the molecule is Cc1nc(CNC(=O)[C@H]2CC[C@H](NC(=O)c3cccc(F)c3)[C@@H](O)C2)no1. The van der Waals surface area contributed by atoms with E-state index < -0.39 is 23.9 Å². The van der Waals surface area contributed by atoms with E-state index >= 15 is 0 Å². The molecule has 1 heterocycles. The Morgan fingerprint density at radius 3 is 2.85 bits per heavy atom. The van der Waals surface area contributed by atoms with E-state index in [2.05, 4.69) is 20.8 Å². The van der Waals surface area contributed by atoms with E-state index in [0.29, 0.717) is 24.6 Å². The molecule has 3 N–H and O–H groups in total. The third-order valence-corrected chi connectivity index (χ3v) is 4.58. The first-order chi connectivity index (χ1) is 12.9. The summed E-state index contributed by atoms with van der Waals surface area (Å²) in [4.78, 5) is 28.5. The molecule has 2 aromatic rings. The number of aliphatic hydroxyl groups is 1. The Morgan fingerprint density at radius 2 is 2.19 bits per heavy atom. The van der Waals surface area contributed by atoms with Crippen LogP contribution < -0.4 is 10.6 Å². The average Bonchev–Trinajstić information content (AvgIpc) is 3.06. The molecule has 0 bridgehead atoms. The second-order valence-corrected chi connectivity index (χ2v) is 6.62. The normalized spacial score (nSPS) is 22.3. The summed E-state index contributed by atoms with van der Waals surface area (Å²) in [5.74, 6) is -0.710. The highest BCUT2D eigenvalue weighted by Gasteiger charge is 2.33. The van der Waals surface area contributed by atoms with Gasteiger partial charge in [0.05, 0.1) is 18.7 Å². The zero-order valence-electron chi connectivity index (χ0n) is 14.8. The van der Waals surface area contributed by atoms with Crippen molar-refractivity contribution in [1.29, 1.82) is 0 Å². The van der Waals surface area contributed by atoms with Gasteiger partial charge in [-0.2, -0.15) is 4.98 Å². The molecule has 1 aliphatic carbocycles. The Kier molecular flexibility index (Phi) is 5.80. The highest BCUT2D eigenvalue weighted by Crippen LogP contribution is 2.25. The number of amides is 2. The summed E-state index contributed by atoms with van der Waals surface area (Å²) in [5.41, 5.74) is 0.192. The second-order valence-electron chi connectivity index (χ2n) is 6.62. The van der Waals surface area contributed by atoms with Crippen molar-refractivity contribution in [2.75, 3.05) is 0 Å². The van der Waals surface area contributed by atoms with E-state index in [1.54, 1.807) is 6.92 Å². The van der Waals surface area contributed by atoms with E-state index in [4.69, 9.17) is 4.52 Å². The van der Waals surface area contributed by atoms with Gasteiger partial charge in [-0.15, -0.1) is 0 Å². The van der Waals surface area contributed by atoms with Crippen LogP contribution in [0.3, 0.4) is 0 Å². The summed E-state index contributed by atoms with van der Waals surface area (Å²) in [7, 11) is 0. The fourth-order valence-electron chi connectivity index (χ4n) is 3.16. The van der Waals surface area contributed by atoms with Crippen LogP contribution in [-0.2, 0) is 11.3 Å². The molecule has 0 unspecified atom stereocenters. The summed E-state index contributed by atoms with van der Waals surface area (Å²) in [6.07, 6.45) is 0.328. The standard InChI is InChI=1S/C18H21FN4O4/c1-10-21-16(23-27-10)9-20-17(25)12-5-6-14(15(24)8-12)22-18(26)11-3-2-4-13(19)7-11/h2-4,7,12,14-15,24H,5-6,8-9H2,1H3,(H,20,25)(H,22,26)/t12-,14-,15-/m0/s1. The quantitative estimate of drug-likeness (QED) is 0.719. The van der Waals surface area contributed by atoms with E-state index in [1.165, 1.54) is 18.2 Å². The molecule has 0 saturated heterocycles. The Labute approximate surface area is 155 Å². The van der Waals surface area contributed by atoms with Gasteiger partial charge in [0.1, 0.15) is 5.82 Å². The van der Waals surface area contributed by atoms with Gasteiger partial charge in [-0.3, -0.25) is 9.59 Å². The number of rotatable bonds is 5. The number of halogens is 1. The van der Waals surface area contributed by atoms with E-state index in [9.17, 15) is 19.1 Å². The highest BCUT2D eigenvalue weighted by molar-refractivity contribution is 5.94. The van der Waals surface area contributed by atoms with Gasteiger partial charge >= 0.3 is 0 Å². The minimum atomic E-state index is -0.862. The van der Waals surface area contributed by atoms with Crippen LogP contribution in [-0.4, -0.2) is 39.2 Å². The number of nitrogens with one attached hydrogen (secondary N) is 2. The Morgan fingerprint density at radius 1 is 1.37 bits per heavy atom. The maximum absolute atomic E-state index is 13.2. The van der Waals surface area contributed by atoms with E-state index in [1.807, 2.05) is 0 Å². The molecule has 27 heavy (non-hydrogen) atoms. The number of aliphatic hydroxyl groups excluding tert-OH is 1. The van der Waals surface area contributed by atoms with E-state index in [0.717, 1.165) is 6.07 Å². The number of hydrogen-bond acceptors (Lipinski definition) is 6. The van der Waals surface area contributed by atoms with Crippen molar-refractivity contribution in [3.8, 4) is 0 Å². The van der Waals surface area contributed by atoms with Crippen LogP contribution in [0.1, 0.15) is 41.3 Å². The van der Waals surface area contributed by atoms with Crippen molar-refractivity contribution in [3.05, 3.63) is 47.4 Å². The number of hydrogen-bond donors (Lipinski definition) is 3. The summed E-state index contributed by atoms with van der Waals surface area (Å²) in [6.45, 7) is 1.82. The molecule has 1 aromatic heterocycles. The minimum absolute atomic E-state index is 0.155. The maximum atomic E-state index is 13.2. The van der Waals surface area contributed by atoms with Gasteiger partial charge in [-0.1, -0.05) is 11.2 Å². The van der Waals surface area contributed by atoms with Crippen molar-refractivity contribution in [2.24, 2.45) is 5.92 Å². The molecule has 9 heteroatoms. The monoisotopic (exact) mass is 376 g/mol. The van der Waals surface area contributed by atoms with Crippen molar-refractivity contribution < 1.29 is 23.6 Å². The molecule has 3 atom stereocenters. The number of carbonyl (C=O) groups is 2. The smallest absolute Gasteiger partial charge is 0.251 e. The van der Waals surface area contributed by atoms with Gasteiger partial charge in [0.15, 0.2) is 5.82 Å². The number of carbonyl (C=O) groups excluding carboxylic acids is 2. The van der Waals surface area contributed by atoms with Crippen molar-refractivity contribution in [1.82, 2.24) is 20.8 Å². The first-order valence-electron chi connectivity index (χ1n) is 8.74. The lowest BCUT2D eigenvalue weighted by molar-refractivity contribution is -0.127. The van der Waals surface area contributed by atoms with Crippen LogP contribution in [0.15, 0.2) is 28.8 Å². The van der Waals surface area contributed by atoms with Crippen LogP contribution in [0, 0.1) is 18.7 Å². The zero-order valence-corrected chi connectivity index (χ0v) is 14.8. The summed E-state index contributed by atoms with van der Waals surface area (Å²) >= 11 is 0. The number of aryl methyl sites for hydroxylation is 1. The van der Waals surface area contributed by atoms with Crippen LogP contribution in [0.25, 0.3) is 0 Å². The van der Waals surface area contributed by atoms with E-state index in [-0.39, 0.29) is 30.4 Å². The molecule has 2 amide bonds. The van der Waals surface area contributed by atoms with Gasteiger partial charge < -0.3 is 20.3 Å². The molecule has 3 rings (SSSR count). The fraction of sp³-hybridized carbons (Fsp3) is 0.444. The number of nitrogens with zero attached hydrogens (tertiary/aromatic N) is 2. The summed E-state index contributed by atoms with van der Waals surface area (Å²) in [6, 6.07) is 4.87. The second kappa shape index (κ2) is 8.26. The molecule has 1 aliphatic rings. The first-order valence-corrected chi connectivity index (χ1v) is 8.74. The lowest BCUT2D eigenvalue weighted by Crippen LogP contribution is -2.49. The van der Waals surface area contributed by atoms with Crippen molar-refractivity contribution in [3.63, 3.8) is 0 Å². The molecule has 1 saturated carbocycles. The maximum Gasteiger partial charge on any atom is 0.251 e. The van der Waals surface area contributed by atoms with Crippen LogP contribution in [0.5, 0.6) is 0 Å². The Balaban J connectivity index is 1.49. The molecule has 1 aromatic carbocycles. The molecular weight excluding hydrogens is 355 g/mol. The van der Waals surface area contributed by atoms with Crippen LogP contribution in [0.4, 0.5) is 4.39 Å². The van der Waals surface area contributed by atoms with Gasteiger partial charge in [0.25, 0.3) is 5.91 Å². The molecule has 8 nitrogen and oxygen atoms in total. The average molecular weight is 376 g/mol. The molecule has 0 spiro atoms. The summed E-state index contributed by atoms with van der Waals surface area (Å²) < 4.78 is 18.1. The summed E-state index contributed by atoms with van der Waals surface area (Å²) in [5, 5.41) is 19.5. The molecule has 1 fully saturated rings. The third-order valence-electron chi connectivity index (χ3n) is 4.58. The lowest BCUT2D eigenvalue weighted by Gasteiger charge is -2.32. The number of benzene rings is 1. The van der Waals surface area contributed by atoms with Crippen LogP contribution in [0.2, 0.25) is 0 Å². The predicted octanol–water partition coefficient (Wildman–Crippen LogP) is 1.09. The van der Waals surface area contributed by atoms with Gasteiger partial charge in [-0.25, -0.2) is 4.39 Å². The van der Waals surface area contributed by atoms with Gasteiger partial charge in [-0.05, 0) is 37.5 Å². The topological polar surface area (TPSA) is 117 Å².